The number of hydrogen-bond acceptors (Lipinski definition) is 9. The summed E-state index contributed by atoms with van der Waals surface area (Å²) in [6, 6.07) is 11.8. The summed E-state index contributed by atoms with van der Waals surface area (Å²) in [6.07, 6.45) is 2.27. The third-order valence-electron chi connectivity index (χ3n) is 6.00. The Morgan fingerprint density at radius 2 is 2.00 bits per heavy atom. The zero-order chi connectivity index (χ0) is 27.9. The summed E-state index contributed by atoms with van der Waals surface area (Å²) in [6.45, 7) is 3.34. The Bertz CT molecular complexity index is 1350. The highest BCUT2D eigenvalue weighted by molar-refractivity contribution is 6.30. The van der Waals surface area contributed by atoms with E-state index < -0.39 is 5.97 Å². The molecule has 13 nitrogen and oxygen atoms in total. The lowest BCUT2D eigenvalue weighted by Gasteiger charge is -2.14. The second kappa shape index (κ2) is 12.8. The first-order valence-corrected chi connectivity index (χ1v) is 12.7. The molecular formula is C25H33ClN10O3. The number of carbonyl (C=O) groups is 1. The van der Waals surface area contributed by atoms with Crippen molar-refractivity contribution >= 4 is 35.0 Å². The van der Waals surface area contributed by atoms with Crippen LogP contribution in [0, 0.1) is 6.92 Å². The summed E-state index contributed by atoms with van der Waals surface area (Å²) < 4.78 is 6.96. The number of benzene rings is 2. The number of nitrogen functional groups attached to an aromatic ring is 1. The van der Waals surface area contributed by atoms with E-state index >= 15 is 0 Å². The maximum absolute atomic E-state index is 12.0. The predicted molar refractivity (Wildman–Crippen MR) is 150 cm³/mol. The number of halogens is 1. The molecule has 1 aromatic heterocycles. The second-order valence-corrected chi connectivity index (χ2v) is 9.55. The van der Waals surface area contributed by atoms with E-state index in [0.29, 0.717) is 47.8 Å². The van der Waals surface area contributed by atoms with Crippen molar-refractivity contribution in [1.29, 1.82) is 0 Å². The number of aromatic nitrogens is 2. The fraction of sp³-hybridized carbons (Fsp3) is 0.320. The number of carboxylic acid groups (broad SMARTS) is 1. The fourth-order valence-electron chi connectivity index (χ4n) is 3.90. The van der Waals surface area contributed by atoms with Gasteiger partial charge in [0.2, 0.25) is 0 Å². The molecule has 0 unspecified atom stereocenters. The highest BCUT2D eigenvalue weighted by Crippen LogP contribution is 2.33. The Kier molecular flexibility index (Phi) is 9.22. The van der Waals surface area contributed by atoms with Crippen LogP contribution in [0.3, 0.4) is 0 Å². The number of carboxylic acids is 1. The standard InChI is InChI=1S/C25H33ClN10O3/c1-14-19(34-25(28)29)8-16(11-31-18-5-6-18)9-20(14)36-22(27)21(24(37)38)23(35-36)39-13-33-32-12-30-10-15-3-2-4-17(26)7-15/h2-4,7-9,18,30-33H,5-6,10-13,27H2,1H3,(H,37,38)(H4,28,29,34). The highest BCUT2D eigenvalue weighted by atomic mass is 35.5. The van der Waals surface area contributed by atoms with Crippen LogP contribution < -0.4 is 43.4 Å². The smallest absolute Gasteiger partial charge is 0.345 e. The van der Waals surface area contributed by atoms with Crippen LogP contribution in [0.2, 0.25) is 5.02 Å². The van der Waals surface area contributed by atoms with E-state index in [4.69, 9.17) is 33.5 Å². The lowest BCUT2D eigenvalue weighted by molar-refractivity contribution is 0.0692. The lowest BCUT2D eigenvalue weighted by Crippen LogP contribution is -2.41. The van der Waals surface area contributed by atoms with Gasteiger partial charge >= 0.3 is 5.97 Å². The Balaban J connectivity index is 1.45. The molecule has 1 aliphatic rings. The fourth-order valence-corrected chi connectivity index (χ4v) is 4.11. The first kappa shape index (κ1) is 28.1. The van der Waals surface area contributed by atoms with Gasteiger partial charge in [0.25, 0.3) is 5.88 Å². The van der Waals surface area contributed by atoms with Crippen molar-refractivity contribution in [2.24, 2.45) is 16.5 Å². The summed E-state index contributed by atoms with van der Waals surface area (Å²) in [5.74, 6) is -1.58. The van der Waals surface area contributed by atoms with E-state index in [9.17, 15) is 9.90 Å². The first-order chi connectivity index (χ1) is 18.7. The van der Waals surface area contributed by atoms with Crippen LogP contribution in [0.25, 0.3) is 5.69 Å². The van der Waals surface area contributed by atoms with Gasteiger partial charge in [0.1, 0.15) is 5.82 Å². The van der Waals surface area contributed by atoms with Gasteiger partial charge in [-0.05, 0) is 55.2 Å². The predicted octanol–water partition coefficient (Wildman–Crippen LogP) is 1.45. The van der Waals surface area contributed by atoms with Crippen molar-refractivity contribution < 1.29 is 14.6 Å². The third kappa shape index (κ3) is 7.59. The SMILES string of the molecule is Cc1c(N=C(N)N)cc(CNC2CC2)cc1-n1nc(OCNNCNCc2cccc(Cl)c2)c(C(=O)O)c1N. The van der Waals surface area contributed by atoms with E-state index in [0.717, 1.165) is 24.0 Å². The van der Waals surface area contributed by atoms with Gasteiger partial charge in [-0.1, -0.05) is 23.7 Å². The molecule has 0 radical (unpaired) electrons. The molecule has 14 heteroatoms. The number of anilines is 1. The van der Waals surface area contributed by atoms with Crippen LogP contribution in [0.1, 0.15) is 39.9 Å². The van der Waals surface area contributed by atoms with Crippen LogP contribution in [0.4, 0.5) is 11.5 Å². The van der Waals surface area contributed by atoms with Gasteiger partial charge in [-0.25, -0.2) is 25.3 Å². The van der Waals surface area contributed by atoms with E-state index in [1.54, 1.807) is 6.92 Å². The molecule has 1 saturated carbocycles. The summed E-state index contributed by atoms with van der Waals surface area (Å²) in [5, 5.41) is 21.5. The molecule has 3 aromatic rings. The van der Waals surface area contributed by atoms with Gasteiger partial charge in [-0.2, -0.15) is 0 Å². The number of hydrogen-bond donors (Lipinski definition) is 8. The Hall–Kier alpha value is -3.88. The minimum Gasteiger partial charge on any atom is -0.477 e. The van der Waals surface area contributed by atoms with Crippen molar-refractivity contribution in [2.45, 2.75) is 38.9 Å². The summed E-state index contributed by atoms with van der Waals surface area (Å²) in [5.41, 5.74) is 26.8. The number of rotatable bonds is 14. The summed E-state index contributed by atoms with van der Waals surface area (Å²) in [7, 11) is 0. The molecule has 2 aromatic carbocycles. The molecule has 0 aliphatic heterocycles. The number of aliphatic imine (C=N–C) groups is 1. The third-order valence-corrected chi connectivity index (χ3v) is 6.24. The van der Waals surface area contributed by atoms with Crippen LogP contribution in [-0.2, 0) is 13.1 Å². The average Bonchev–Trinajstić information content (AvgIpc) is 3.65. The highest BCUT2D eigenvalue weighted by Gasteiger charge is 2.26. The number of ether oxygens (including phenoxy) is 1. The number of nitrogens with one attached hydrogen (secondary N) is 4. The van der Waals surface area contributed by atoms with Gasteiger partial charge in [0.05, 0.1) is 18.0 Å². The lowest BCUT2D eigenvalue weighted by atomic mass is 10.1. The maximum atomic E-state index is 12.0. The van der Waals surface area contributed by atoms with E-state index in [-0.39, 0.29) is 30.0 Å². The molecule has 0 spiro atoms. The molecule has 208 valence electrons. The van der Waals surface area contributed by atoms with Crippen molar-refractivity contribution in [3.05, 3.63) is 63.7 Å². The number of aromatic carboxylic acids is 1. The molecule has 39 heavy (non-hydrogen) atoms. The first-order valence-electron chi connectivity index (χ1n) is 12.3. The van der Waals surface area contributed by atoms with Crippen LogP contribution in [0.15, 0.2) is 41.4 Å². The molecule has 0 amide bonds. The Morgan fingerprint density at radius 3 is 2.69 bits per heavy atom. The summed E-state index contributed by atoms with van der Waals surface area (Å²) >= 11 is 5.99. The largest absolute Gasteiger partial charge is 0.477 e. The zero-order valence-corrected chi connectivity index (χ0v) is 22.3. The molecule has 4 rings (SSSR count). The number of nitrogens with zero attached hydrogens (tertiary/aromatic N) is 3. The molecule has 1 aliphatic carbocycles. The average molecular weight is 557 g/mol. The normalized spacial score (nSPS) is 12.9. The molecule has 0 saturated heterocycles. The number of nitrogens with two attached hydrogens (primary N) is 3. The molecule has 11 N–H and O–H groups in total. The van der Waals surface area contributed by atoms with Crippen LogP contribution in [0.5, 0.6) is 5.88 Å². The molecule has 1 heterocycles. The monoisotopic (exact) mass is 556 g/mol. The molecule has 0 atom stereocenters. The molecule has 1 fully saturated rings. The van der Waals surface area contributed by atoms with E-state index in [1.807, 2.05) is 36.4 Å². The van der Waals surface area contributed by atoms with Crippen molar-refractivity contribution in [3.8, 4) is 11.6 Å². The topological polar surface area (TPSA) is 203 Å². The van der Waals surface area contributed by atoms with E-state index in [1.165, 1.54) is 4.68 Å². The van der Waals surface area contributed by atoms with Crippen molar-refractivity contribution in [1.82, 2.24) is 31.3 Å². The zero-order valence-electron chi connectivity index (χ0n) is 21.5. The quantitative estimate of drug-likeness (QED) is 0.0469. The van der Waals surface area contributed by atoms with Crippen LogP contribution in [-0.4, -0.2) is 46.3 Å². The maximum Gasteiger partial charge on any atom is 0.345 e. The number of hydrazine groups is 1. The summed E-state index contributed by atoms with van der Waals surface area (Å²) in [4.78, 5) is 16.3. The number of guanidine groups is 1. The Morgan fingerprint density at radius 1 is 1.21 bits per heavy atom. The minimum atomic E-state index is -1.27. The van der Waals surface area contributed by atoms with Gasteiger partial charge in [0, 0.05) is 29.7 Å². The Labute approximate surface area is 230 Å². The second-order valence-electron chi connectivity index (χ2n) is 9.11. The molecular weight excluding hydrogens is 524 g/mol. The van der Waals surface area contributed by atoms with Gasteiger partial charge in [0.15, 0.2) is 18.3 Å². The van der Waals surface area contributed by atoms with Gasteiger partial charge < -0.3 is 32.4 Å². The van der Waals surface area contributed by atoms with Gasteiger partial charge in [-0.3, -0.25) is 5.32 Å². The van der Waals surface area contributed by atoms with Gasteiger partial charge in [-0.15, -0.1) is 5.10 Å². The van der Waals surface area contributed by atoms with Crippen LogP contribution >= 0.6 is 11.6 Å². The van der Waals surface area contributed by atoms with Crippen molar-refractivity contribution in [2.75, 3.05) is 19.1 Å². The van der Waals surface area contributed by atoms with Crippen molar-refractivity contribution in [3.63, 3.8) is 0 Å². The molecule has 0 bridgehead atoms. The van der Waals surface area contributed by atoms with E-state index in [2.05, 4.69) is 31.6 Å². The minimum absolute atomic E-state index is 0.0703.